The largest absolute Gasteiger partial charge is 0.463 e. The molecule has 3 N–H and O–H groups in total. The molecule has 0 bridgehead atoms. The lowest BCUT2D eigenvalue weighted by molar-refractivity contribution is 0.308. The van der Waals surface area contributed by atoms with Crippen molar-refractivity contribution in [2.24, 2.45) is 10.7 Å². The number of benzene rings is 1. The molecule has 2 aromatic rings. The summed E-state index contributed by atoms with van der Waals surface area (Å²) in [6, 6.07) is 8.68. The second-order valence-corrected chi connectivity index (χ2v) is 5.37. The predicted molar refractivity (Wildman–Crippen MR) is 86.5 cm³/mol. The lowest BCUT2D eigenvalue weighted by Crippen LogP contribution is -2.10. The predicted octanol–water partition coefficient (Wildman–Crippen LogP) is 2.52. The second kappa shape index (κ2) is 6.62. The number of rotatable bonds is 5. The van der Waals surface area contributed by atoms with Gasteiger partial charge in [-0.05, 0) is 42.1 Å². The summed E-state index contributed by atoms with van der Waals surface area (Å²) in [6.07, 6.45) is 5.16. The van der Waals surface area contributed by atoms with Gasteiger partial charge in [-0.2, -0.15) is 0 Å². The zero-order valence-electron chi connectivity index (χ0n) is 11.9. The number of nitrogens with zero attached hydrogens (tertiary/aromatic N) is 3. The van der Waals surface area contributed by atoms with Crippen molar-refractivity contribution >= 4 is 29.0 Å². The van der Waals surface area contributed by atoms with E-state index in [2.05, 4.69) is 32.4 Å². The third kappa shape index (κ3) is 3.85. The molecular formula is C15H16ClN5O. The fourth-order valence-electron chi connectivity index (χ4n) is 2.22. The van der Waals surface area contributed by atoms with E-state index >= 15 is 0 Å². The van der Waals surface area contributed by atoms with E-state index in [1.807, 2.05) is 12.1 Å². The standard InChI is InChI=1S/C15H16ClN5O/c16-14-18-7-13(8-19-14)20-11-4-1-10(2-5-11)3-6-12-9-22-15(17)21-12/h1-2,4-5,7-8,12,20H,3,6,9H2,(H2,17,21)/t12-/m0/s1. The van der Waals surface area contributed by atoms with Crippen LogP contribution >= 0.6 is 11.6 Å². The molecule has 1 aromatic carbocycles. The lowest BCUT2D eigenvalue weighted by Gasteiger charge is -2.08. The molecule has 1 atom stereocenters. The van der Waals surface area contributed by atoms with Gasteiger partial charge in [0.25, 0.3) is 6.02 Å². The van der Waals surface area contributed by atoms with Crippen LogP contribution in [-0.2, 0) is 11.2 Å². The number of aliphatic imine (C=N–C) groups is 1. The number of ether oxygens (including phenoxy) is 1. The smallest absolute Gasteiger partial charge is 0.282 e. The fraction of sp³-hybridized carbons (Fsp3) is 0.267. The summed E-state index contributed by atoms with van der Waals surface area (Å²) >= 11 is 5.66. The first kappa shape index (κ1) is 14.6. The van der Waals surface area contributed by atoms with Crippen molar-refractivity contribution in [3.8, 4) is 0 Å². The van der Waals surface area contributed by atoms with Gasteiger partial charge in [0.1, 0.15) is 6.61 Å². The van der Waals surface area contributed by atoms with Crippen molar-refractivity contribution in [2.75, 3.05) is 11.9 Å². The number of nitrogens with one attached hydrogen (secondary N) is 1. The Labute approximate surface area is 133 Å². The third-order valence-electron chi connectivity index (χ3n) is 3.36. The summed E-state index contributed by atoms with van der Waals surface area (Å²) in [5.74, 6) is 0. The Kier molecular flexibility index (Phi) is 4.39. The summed E-state index contributed by atoms with van der Waals surface area (Å²) in [5, 5.41) is 3.46. The Morgan fingerprint density at radius 2 is 1.91 bits per heavy atom. The van der Waals surface area contributed by atoms with Crippen LogP contribution in [0.4, 0.5) is 11.4 Å². The molecule has 0 fully saturated rings. The number of aromatic nitrogens is 2. The minimum atomic E-state index is 0.170. The highest BCUT2D eigenvalue weighted by molar-refractivity contribution is 6.28. The number of hydrogen-bond acceptors (Lipinski definition) is 6. The van der Waals surface area contributed by atoms with Gasteiger partial charge in [-0.1, -0.05) is 12.1 Å². The molecule has 0 radical (unpaired) electrons. The normalized spacial score (nSPS) is 17.0. The molecule has 22 heavy (non-hydrogen) atoms. The molecule has 0 spiro atoms. The second-order valence-electron chi connectivity index (χ2n) is 5.03. The van der Waals surface area contributed by atoms with Crippen LogP contribution in [0.25, 0.3) is 0 Å². The van der Waals surface area contributed by atoms with Crippen LogP contribution in [0.15, 0.2) is 41.7 Å². The summed E-state index contributed by atoms with van der Waals surface area (Å²) in [7, 11) is 0. The SMILES string of the molecule is NC1=N[C@@H](CCc2ccc(Nc3cnc(Cl)nc3)cc2)CO1. The quantitative estimate of drug-likeness (QED) is 0.828. The van der Waals surface area contributed by atoms with Crippen LogP contribution in [0, 0.1) is 0 Å². The molecule has 0 saturated carbocycles. The highest BCUT2D eigenvalue weighted by Gasteiger charge is 2.16. The van der Waals surface area contributed by atoms with Crippen LogP contribution in [0.5, 0.6) is 0 Å². The van der Waals surface area contributed by atoms with E-state index in [1.165, 1.54) is 5.56 Å². The molecule has 0 aliphatic carbocycles. The maximum atomic E-state index is 5.66. The molecule has 114 valence electrons. The highest BCUT2D eigenvalue weighted by atomic mass is 35.5. The van der Waals surface area contributed by atoms with Crippen molar-refractivity contribution in [2.45, 2.75) is 18.9 Å². The van der Waals surface area contributed by atoms with Crippen LogP contribution in [-0.4, -0.2) is 28.6 Å². The van der Waals surface area contributed by atoms with Gasteiger partial charge in [0.15, 0.2) is 0 Å². The molecule has 6 nitrogen and oxygen atoms in total. The van der Waals surface area contributed by atoms with Gasteiger partial charge in [-0.3, -0.25) is 0 Å². The first-order chi connectivity index (χ1) is 10.7. The number of amidine groups is 1. The highest BCUT2D eigenvalue weighted by Crippen LogP contribution is 2.18. The summed E-state index contributed by atoms with van der Waals surface area (Å²) in [6.45, 7) is 0.585. The molecule has 1 aliphatic rings. The Morgan fingerprint density at radius 1 is 1.18 bits per heavy atom. The summed E-state index contributed by atoms with van der Waals surface area (Å²) in [4.78, 5) is 12.1. The summed E-state index contributed by atoms with van der Waals surface area (Å²) in [5.41, 5.74) is 8.52. The number of nitrogens with two attached hydrogens (primary N) is 1. The number of anilines is 2. The van der Waals surface area contributed by atoms with Crippen LogP contribution < -0.4 is 11.1 Å². The zero-order valence-corrected chi connectivity index (χ0v) is 12.6. The zero-order chi connectivity index (χ0) is 15.4. The Balaban J connectivity index is 1.54. The van der Waals surface area contributed by atoms with Gasteiger partial charge in [-0.15, -0.1) is 0 Å². The molecule has 0 unspecified atom stereocenters. The van der Waals surface area contributed by atoms with Crippen molar-refractivity contribution in [3.05, 3.63) is 47.5 Å². The van der Waals surface area contributed by atoms with Crippen LogP contribution in [0.3, 0.4) is 0 Å². The average Bonchev–Trinajstić information content (AvgIpc) is 2.94. The molecule has 2 heterocycles. The molecule has 0 saturated heterocycles. The number of hydrogen-bond donors (Lipinski definition) is 2. The molecule has 0 amide bonds. The van der Waals surface area contributed by atoms with Gasteiger partial charge >= 0.3 is 0 Å². The van der Waals surface area contributed by atoms with E-state index in [4.69, 9.17) is 22.1 Å². The van der Waals surface area contributed by atoms with E-state index in [0.29, 0.717) is 12.6 Å². The monoisotopic (exact) mass is 317 g/mol. The minimum absolute atomic E-state index is 0.170. The maximum absolute atomic E-state index is 5.66. The first-order valence-electron chi connectivity index (χ1n) is 6.98. The fourth-order valence-corrected chi connectivity index (χ4v) is 2.31. The Bertz CT molecular complexity index is 657. The third-order valence-corrected chi connectivity index (χ3v) is 3.56. The summed E-state index contributed by atoms with van der Waals surface area (Å²) < 4.78 is 5.14. The van der Waals surface area contributed by atoms with Crippen LogP contribution in [0.1, 0.15) is 12.0 Å². The van der Waals surface area contributed by atoms with E-state index in [0.717, 1.165) is 24.2 Å². The van der Waals surface area contributed by atoms with E-state index < -0.39 is 0 Å². The van der Waals surface area contributed by atoms with Gasteiger partial charge in [0, 0.05) is 5.69 Å². The Hall–Kier alpha value is -2.34. The first-order valence-corrected chi connectivity index (χ1v) is 7.36. The maximum Gasteiger partial charge on any atom is 0.282 e. The molecular weight excluding hydrogens is 302 g/mol. The van der Waals surface area contributed by atoms with Gasteiger partial charge < -0.3 is 15.8 Å². The van der Waals surface area contributed by atoms with E-state index in [9.17, 15) is 0 Å². The van der Waals surface area contributed by atoms with Crippen molar-refractivity contribution < 1.29 is 4.74 Å². The van der Waals surface area contributed by atoms with Gasteiger partial charge in [0.2, 0.25) is 5.28 Å². The molecule has 1 aliphatic heterocycles. The number of halogens is 1. The molecule has 7 heteroatoms. The van der Waals surface area contributed by atoms with Crippen molar-refractivity contribution in [3.63, 3.8) is 0 Å². The van der Waals surface area contributed by atoms with Crippen molar-refractivity contribution in [1.29, 1.82) is 0 Å². The lowest BCUT2D eigenvalue weighted by atomic mass is 10.1. The van der Waals surface area contributed by atoms with E-state index in [1.54, 1.807) is 12.4 Å². The van der Waals surface area contributed by atoms with Crippen LogP contribution in [0.2, 0.25) is 5.28 Å². The topological polar surface area (TPSA) is 85.4 Å². The molecule has 3 rings (SSSR count). The minimum Gasteiger partial charge on any atom is -0.463 e. The van der Waals surface area contributed by atoms with E-state index in [-0.39, 0.29) is 11.3 Å². The molecule has 1 aromatic heterocycles. The van der Waals surface area contributed by atoms with Gasteiger partial charge in [0.05, 0.1) is 24.1 Å². The average molecular weight is 318 g/mol. The van der Waals surface area contributed by atoms with Gasteiger partial charge in [-0.25, -0.2) is 15.0 Å². The number of aryl methyl sites for hydroxylation is 1. The Morgan fingerprint density at radius 3 is 2.55 bits per heavy atom. The van der Waals surface area contributed by atoms with Crippen molar-refractivity contribution in [1.82, 2.24) is 9.97 Å².